The van der Waals surface area contributed by atoms with Crippen molar-refractivity contribution in [3.8, 4) is 5.75 Å². The van der Waals surface area contributed by atoms with Crippen molar-refractivity contribution < 1.29 is 4.74 Å². The predicted octanol–water partition coefficient (Wildman–Crippen LogP) is 4.13. The Kier molecular flexibility index (Phi) is 3.39. The van der Waals surface area contributed by atoms with Gasteiger partial charge in [0.05, 0.1) is 0 Å². The summed E-state index contributed by atoms with van der Waals surface area (Å²) in [6.45, 7) is 1.98. The standard InChI is InChI=1S/C15H14O/c1-2-15(13-9-5-3-6-10-13)16-14-11-7-4-8-12-14/h2-12H,1H3. The molecule has 2 rings (SSSR count). The number of hydrogen-bond donors (Lipinski definition) is 0. The zero-order valence-electron chi connectivity index (χ0n) is 9.26. The highest BCUT2D eigenvalue weighted by atomic mass is 16.5. The van der Waals surface area contributed by atoms with Gasteiger partial charge in [0, 0.05) is 5.56 Å². The monoisotopic (exact) mass is 210 g/mol. The van der Waals surface area contributed by atoms with E-state index in [-0.39, 0.29) is 0 Å². The molecule has 0 amide bonds. The summed E-state index contributed by atoms with van der Waals surface area (Å²) >= 11 is 0. The van der Waals surface area contributed by atoms with Crippen molar-refractivity contribution in [2.45, 2.75) is 6.92 Å². The molecule has 0 aliphatic heterocycles. The minimum atomic E-state index is 0.861. The van der Waals surface area contributed by atoms with Gasteiger partial charge < -0.3 is 4.74 Å². The lowest BCUT2D eigenvalue weighted by Crippen LogP contribution is -1.93. The van der Waals surface area contributed by atoms with Crippen LogP contribution in [0.2, 0.25) is 0 Å². The molecular formula is C15H14O. The van der Waals surface area contributed by atoms with Gasteiger partial charge in [-0.3, -0.25) is 0 Å². The van der Waals surface area contributed by atoms with E-state index in [9.17, 15) is 0 Å². The summed E-state index contributed by atoms with van der Waals surface area (Å²) in [5.74, 6) is 1.74. The van der Waals surface area contributed by atoms with E-state index < -0.39 is 0 Å². The summed E-state index contributed by atoms with van der Waals surface area (Å²) in [6, 6.07) is 19.9. The van der Waals surface area contributed by atoms with Crippen LogP contribution in [0, 0.1) is 0 Å². The Morgan fingerprint density at radius 2 is 1.44 bits per heavy atom. The lowest BCUT2D eigenvalue weighted by molar-refractivity contribution is 0.514. The first-order chi connectivity index (χ1) is 7.90. The maximum Gasteiger partial charge on any atom is 0.130 e. The van der Waals surface area contributed by atoms with Crippen LogP contribution in [0.4, 0.5) is 0 Å². The molecule has 0 atom stereocenters. The molecule has 0 aliphatic carbocycles. The molecule has 0 saturated heterocycles. The Labute approximate surface area is 96.0 Å². The first kappa shape index (κ1) is 10.5. The summed E-state index contributed by atoms with van der Waals surface area (Å²) < 4.78 is 5.81. The molecular weight excluding hydrogens is 196 g/mol. The van der Waals surface area contributed by atoms with E-state index in [2.05, 4.69) is 0 Å². The van der Waals surface area contributed by atoms with Crippen LogP contribution < -0.4 is 4.74 Å². The number of benzene rings is 2. The van der Waals surface area contributed by atoms with Crippen LogP contribution in [0.3, 0.4) is 0 Å². The van der Waals surface area contributed by atoms with Crippen molar-refractivity contribution in [2.24, 2.45) is 0 Å². The van der Waals surface area contributed by atoms with Crippen LogP contribution in [0.15, 0.2) is 66.7 Å². The molecule has 2 aromatic carbocycles. The number of allylic oxidation sites excluding steroid dienone is 1. The molecule has 0 aliphatic rings. The lowest BCUT2D eigenvalue weighted by atomic mass is 10.2. The average molecular weight is 210 g/mol. The van der Waals surface area contributed by atoms with Crippen molar-refractivity contribution in [3.63, 3.8) is 0 Å². The summed E-state index contributed by atoms with van der Waals surface area (Å²) in [5.41, 5.74) is 1.09. The molecule has 0 aromatic heterocycles. The largest absolute Gasteiger partial charge is 0.457 e. The molecule has 0 bridgehead atoms. The summed E-state index contributed by atoms with van der Waals surface area (Å²) in [4.78, 5) is 0. The van der Waals surface area contributed by atoms with Crippen LogP contribution in [0.25, 0.3) is 5.76 Å². The molecule has 16 heavy (non-hydrogen) atoms. The Balaban J connectivity index is 2.20. The maximum absolute atomic E-state index is 5.81. The van der Waals surface area contributed by atoms with E-state index in [1.54, 1.807) is 0 Å². The minimum Gasteiger partial charge on any atom is -0.457 e. The summed E-state index contributed by atoms with van der Waals surface area (Å²) in [7, 11) is 0. The van der Waals surface area contributed by atoms with Gasteiger partial charge in [-0.25, -0.2) is 0 Å². The molecule has 0 unspecified atom stereocenters. The molecule has 0 fully saturated rings. The van der Waals surface area contributed by atoms with E-state index in [0.29, 0.717) is 0 Å². The van der Waals surface area contributed by atoms with Gasteiger partial charge in [0.15, 0.2) is 0 Å². The SMILES string of the molecule is CC=C(Oc1ccccc1)c1ccccc1. The molecule has 0 saturated carbocycles. The maximum atomic E-state index is 5.81. The van der Waals surface area contributed by atoms with Gasteiger partial charge in [-0.05, 0) is 25.1 Å². The first-order valence-electron chi connectivity index (χ1n) is 5.35. The molecule has 1 nitrogen and oxygen atoms in total. The number of hydrogen-bond acceptors (Lipinski definition) is 1. The predicted molar refractivity (Wildman–Crippen MR) is 67.2 cm³/mol. The fraction of sp³-hybridized carbons (Fsp3) is 0.0667. The van der Waals surface area contributed by atoms with Crippen LogP contribution in [-0.4, -0.2) is 0 Å². The molecule has 0 radical (unpaired) electrons. The van der Waals surface area contributed by atoms with Gasteiger partial charge in [-0.15, -0.1) is 0 Å². The highest BCUT2D eigenvalue weighted by molar-refractivity contribution is 5.61. The van der Waals surface area contributed by atoms with Crippen molar-refractivity contribution in [1.82, 2.24) is 0 Å². The number of para-hydroxylation sites is 1. The molecule has 2 aromatic rings. The summed E-state index contributed by atoms with van der Waals surface area (Å²) in [6.07, 6.45) is 1.97. The van der Waals surface area contributed by atoms with Gasteiger partial charge >= 0.3 is 0 Å². The van der Waals surface area contributed by atoms with Crippen LogP contribution in [-0.2, 0) is 0 Å². The quantitative estimate of drug-likeness (QED) is 0.692. The Morgan fingerprint density at radius 1 is 0.875 bits per heavy atom. The normalized spacial score (nSPS) is 11.2. The second-order valence-corrected chi connectivity index (χ2v) is 3.43. The lowest BCUT2D eigenvalue weighted by Gasteiger charge is -2.09. The number of rotatable bonds is 3. The van der Waals surface area contributed by atoms with E-state index in [1.807, 2.05) is 73.7 Å². The molecule has 1 heteroatoms. The van der Waals surface area contributed by atoms with Gasteiger partial charge in [-0.1, -0.05) is 48.5 Å². The minimum absolute atomic E-state index is 0.861. The summed E-state index contributed by atoms with van der Waals surface area (Å²) in [5, 5.41) is 0. The molecule has 0 spiro atoms. The van der Waals surface area contributed by atoms with Crippen LogP contribution in [0.1, 0.15) is 12.5 Å². The molecule has 0 N–H and O–H groups in total. The van der Waals surface area contributed by atoms with Crippen LogP contribution >= 0.6 is 0 Å². The van der Waals surface area contributed by atoms with Gasteiger partial charge in [0.25, 0.3) is 0 Å². The highest BCUT2D eigenvalue weighted by Crippen LogP contribution is 2.20. The van der Waals surface area contributed by atoms with Crippen molar-refractivity contribution in [3.05, 3.63) is 72.3 Å². The smallest absolute Gasteiger partial charge is 0.130 e. The molecule has 0 heterocycles. The third kappa shape index (κ3) is 2.51. The Hall–Kier alpha value is -2.02. The Bertz CT molecular complexity index is 457. The Morgan fingerprint density at radius 3 is 2.00 bits per heavy atom. The van der Waals surface area contributed by atoms with E-state index in [4.69, 9.17) is 4.74 Å². The van der Waals surface area contributed by atoms with Gasteiger partial charge in [0.2, 0.25) is 0 Å². The third-order valence-corrected chi connectivity index (χ3v) is 2.29. The molecule has 80 valence electrons. The highest BCUT2D eigenvalue weighted by Gasteiger charge is 2.01. The first-order valence-corrected chi connectivity index (χ1v) is 5.35. The fourth-order valence-electron chi connectivity index (χ4n) is 1.50. The van der Waals surface area contributed by atoms with Gasteiger partial charge in [0.1, 0.15) is 11.5 Å². The topological polar surface area (TPSA) is 9.23 Å². The zero-order chi connectivity index (χ0) is 11.2. The van der Waals surface area contributed by atoms with Gasteiger partial charge in [-0.2, -0.15) is 0 Å². The van der Waals surface area contributed by atoms with E-state index in [1.165, 1.54) is 0 Å². The third-order valence-electron chi connectivity index (χ3n) is 2.29. The second-order valence-electron chi connectivity index (χ2n) is 3.43. The van der Waals surface area contributed by atoms with Crippen molar-refractivity contribution >= 4 is 5.76 Å². The second kappa shape index (κ2) is 5.17. The van der Waals surface area contributed by atoms with Crippen molar-refractivity contribution in [1.29, 1.82) is 0 Å². The van der Waals surface area contributed by atoms with Crippen LogP contribution in [0.5, 0.6) is 5.75 Å². The zero-order valence-corrected chi connectivity index (χ0v) is 9.26. The number of ether oxygens (including phenoxy) is 1. The van der Waals surface area contributed by atoms with E-state index >= 15 is 0 Å². The van der Waals surface area contributed by atoms with E-state index in [0.717, 1.165) is 17.1 Å². The average Bonchev–Trinajstić information content (AvgIpc) is 2.38. The fourth-order valence-corrected chi connectivity index (χ4v) is 1.50. The van der Waals surface area contributed by atoms with Crippen molar-refractivity contribution in [2.75, 3.05) is 0 Å².